The van der Waals surface area contributed by atoms with Gasteiger partial charge in [-0.25, -0.2) is 0 Å². The van der Waals surface area contributed by atoms with Crippen molar-refractivity contribution in [1.29, 1.82) is 0 Å². The molecule has 0 nitrogen and oxygen atoms in total. The van der Waals surface area contributed by atoms with E-state index in [0.717, 1.165) is 0 Å². The molecule has 0 atom stereocenters. The molecule has 0 heterocycles. The second-order valence-corrected chi connectivity index (χ2v) is 4.50. The van der Waals surface area contributed by atoms with Crippen molar-refractivity contribution in [1.82, 2.24) is 0 Å². The van der Waals surface area contributed by atoms with Gasteiger partial charge in [0.15, 0.2) is 0 Å². The Hall–Kier alpha value is 0.801. The van der Waals surface area contributed by atoms with Crippen LogP contribution in [0.15, 0.2) is 0 Å². The Balaban J connectivity index is -0.0000000480. The molecular formula is C5H14SiV-. The van der Waals surface area contributed by atoms with E-state index in [0.29, 0.717) is 0 Å². The van der Waals surface area contributed by atoms with Gasteiger partial charge in [-0.05, 0) is 0 Å². The van der Waals surface area contributed by atoms with E-state index >= 15 is 0 Å². The summed E-state index contributed by atoms with van der Waals surface area (Å²) in [4.78, 5) is 0. The second-order valence-electron chi connectivity index (χ2n) is 1.50. The quantitative estimate of drug-likeness (QED) is 0.369. The zero-order chi connectivity index (χ0) is 5.58. The average Bonchev–Trinajstić information content (AvgIpc) is 1.41. The molecule has 2 radical (unpaired) electrons. The van der Waals surface area contributed by atoms with Gasteiger partial charge in [-0.1, -0.05) is 19.6 Å². The molecule has 7 heavy (non-hydrogen) atoms. The maximum absolute atomic E-state index is 3.25. The Morgan fingerprint density at radius 2 is 1.00 bits per heavy atom. The largest absolute Gasteiger partial charge is 0.346 e. The Bertz CT molecular complexity index is 12.8. The summed E-state index contributed by atoms with van der Waals surface area (Å²) in [5, 5.41) is 0. The van der Waals surface area contributed by atoms with Crippen molar-refractivity contribution in [3.05, 3.63) is 6.92 Å². The summed E-state index contributed by atoms with van der Waals surface area (Å²) < 4.78 is 0. The van der Waals surface area contributed by atoms with Crippen LogP contribution in [0.3, 0.4) is 0 Å². The van der Waals surface area contributed by atoms with E-state index in [2.05, 4.69) is 26.6 Å². The molecule has 0 fully saturated rings. The smallest absolute Gasteiger partial charge is 0.0379 e. The van der Waals surface area contributed by atoms with Crippen molar-refractivity contribution in [3.8, 4) is 0 Å². The molecule has 44 valence electrons. The molecule has 0 unspecified atom stereocenters. The maximum Gasteiger partial charge on any atom is 0.0379 e. The van der Waals surface area contributed by atoms with Crippen molar-refractivity contribution in [3.63, 3.8) is 0 Å². The summed E-state index contributed by atoms with van der Waals surface area (Å²) in [6, 6.07) is 0. The van der Waals surface area contributed by atoms with Gasteiger partial charge in [-0.3, -0.25) is 0 Å². The van der Waals surface area contributed by atoms with E-state index in [1.165, 1.54) is 0 Å². The van der Waals surface area contributed by atoms with Crippen molar-refractivity contribution < 1.29 is 18.6 Å². The van der Waals surface area contributed by atoms with Crippen LogP contribution in [-0.2, 0) is 18.6 Å². The van der Waals surface area contributed by atoms with Crippen LogP contribution in [0.2, 0.25) is 19.6 Å². The van der Waals surface area contributed by atoms with Gasteiger partial charge in [0.2, 0.25) is 0 Å². The minimum atomic E-state index is 0. The fourth-order valence-electron chi connectivity index (χ4n) is 0. The van der Waals surface area contributed by atoms with E-state index in [-0.39, 0.29) is 27.4 Å². The molecule has 2 heteroatoms. The molecule has 0 aromatic rings. The van der Waals surface area contributed by atoms with Gasteiger partial charge in [0, 0.05) is 27.4 Å². The normalized spacial score (nSPS) is 6.00. The van der Waals surface area contributed by atoms with Crippen molar-refractivity contribution in [2.45, 2.75) is 26.6 Å². The predicted molar refractivity (Wildman–Crippen MR) is 34.4 cm³/mol. The van der Waals surface area contributed by atoms with E-state index in [9.17, 15) is 0 Å². The van der Waals surface area contributed by atoms with E-state index in [4.69, 9.17) is 0 Å². The molecule has 0 N–H and O–H groups in total. The summed E-state index contributed by atoms with van der Waals surface area (Å²) in [7, 11) is 0.120. The van der Waals surface area contributed by atoms with Crippen LogP contribution in [0, 0.1) is 6.92 Å². The van der Waals surface area contributed by atoms with E-state index in [1.54, 1.807) is 6.92 Å². The van der Waals surface area contributed by atoms with Crippen LogP contribution in [0.1, 0.15) is 6.92 Å². The summed E-state index contributed by atoms with van der Waals surface area (Å²) in [6.45, 7) is 11.8. The van der Waals surface area contributed by atoms with Crippen LogP contribution >= 0.6 is 0 Å². The van der Waals surface area contributed by atoms with Gasteiger partial charge in [0.05, 0.1) is 0 Å². The Kier molecular flexibility index (Phi) is 35.4. The van der Waals surface area contributed by atoms with Crippen molar-refractivity contribution >= 4 is 8.80 Å². The first-order valence-corrected chi connectivity index (χ1v) is 5.21. The molecule has 0 amide bonds. The topological polar surface area (TPSA) is 0 Å². The van der Waals surface area contributed by atoms with Gasteiger partial charge in [0.25, 0.3) is 0 Å². The van der Waals surface area contributed by atoms with Crippen LogP contribution < -0.4 is 0 Å². The standard InChI is InChI=1S/C3H9Si.C2H5.V/c1-4(2)3;1-2;/h1-3H3;1H2,2H3;/q;-1;. The minimum Gasteiger partial charge on any atom is -0.346 e. The van der Waals surface area contributed by atoms with Crippen LogP contribution in [0.5, 0.6) is 0 Å². The van der Waals surface area contributed by atoms with Gasteiger partial charge >= 0.3 is 0 Å². The van der Waals surface area contributed by atoms with Crippen LogP contribution in [-0.4, -0.2) is 8.80 Å². The van der Waals surface area contributed by atoms with Gasteiger partial charge in [-0.15, -0.1) is 0 Å². The molecule has 0 bridgehead atoms. The molecule has 0 saturated carbocycles. The molecule has 0 aromatic carbocycles. The Morgan fingerprint density at radius 3 is 1.00 bits per heavy atom. The minimum absolute atomic E-state index is 0. The zero-order valence-corrected chi connectivity index (χ0v) is 8.05. The molecule has 0 aliphatic heterocycles. The summed E-state index contributed by atoms with van der Waals surface area (Å²) in [5.41, 5.74) is 0. The SMILES string of the molecule is C[Si](C)C.[CH2-]C.[V]. The summed E-state index contributed by atoms with van der Waals surface area (Å²) >= 11 is 0. The zero-order valence-electron chi connectivity index (χ0n) is 5.65. The predicted octanol–water partition coefficient (Wildman–Crippen LogP) is 2.21. The van der Waals surface area contributed by atoms with Crippen LogP contribution in [0.4, 0.5) is 0 Å². The first kappa shape index (κ1) is 15.7. The first-order valence-electron chi connectivity index (χ1n) is 2.21. The monoisotopic (exact) mass is 153 g/mol. The molecule has 0 aliphatic rings. The number of hydrogen-bond donors (Lipinski definition) is 0. The second kappa shape index (κ2) is 15.8. The van der Waals surface area contributed by atoms with Gasteiger partial charge < -0.3 is 6.92 Å². The number of rotatable bonds is 0. The fraction of sp³-hybridized carbons (Fsp3) is 0.800. The number of hydrogen-bond acceptors (Lipinski definition) is 0. The Labute approximate surface area is 61.2 Å². The third-order valence-electron chi connectivity index (χ3n) is 0. The molecule has 0 rings (SSSR count). The summed E-state index contributed by atoms with van der Waals surface area (Å²) in [6.07, 6.45) is 0. The average molecular weight is 153 g/mol. The van der Waals surface area contributed by atoms with Crippen LogP contribution in [0.25, 0.3) is 0 Å². The summed E-state index contributed by atoms with van der Waals surface area (Å²) in [5.74, 6) is 0. The third-order valence-corrected chi connectivity index (χ3v) is 0. The van der Waals surface area contributed by atoms with E-state index < -0.39 is 0 Å². The fourth-order valence-corrected chi connectivity index (χ4v) is 0. The molecule has 0 aliphatic carbocycles. The van der Waals surface area contributed by atoms with Crippen molar-refractivity contribution in [2.75, 3.05) is 0 Å². The molecule has 0 saturated heterocycles. The third kappa shape index (κ3) is 244. The molecular weight excluding hydrogens is 139 g/mol. The van der Waals surface area contributed by atoms with E-state index in [1.807, 2.05) is 0 Å². The Morgan fingerprint density at radius 1 is 1.00 bits per heavy atom. The van der Waals surface area contributed by atoms with Gasteiger partial charge in [-0.2, -0.15) is 6.92 Å². The molecule has 0 spiro atoms. The molecule has 0 aromatic heterocycles. The van der Waals surface area contributed by atoms with Gasteiger partial charge in [0.1, 0.15) is 0 Å². The van der Waals surface area contributed by atoms with Crippen molar-refractivity contribution in [2.24, 2.45) is 0 Å². The first-order chi connectivity index (χ1) is 2.73. The maximum atomic E-state index is 3.25.